The minimum atomic E-state index is -1.36. The lowest BCUT2D eigenvalue weighted by molar-refractivity contribution is -0.122. The third-order valence-corrected chi connectivity index (χ3v) is 8.21. The third kappa shape index (κ3) is 5.08. The average molecular weight is 553 g/mol. The predicted octanol–water partition coefficient (Wildman–Crippen LogP) is 6.23. The number of aryl methyl sites for hydroxylation is 1. The van der Waals surface area contributed by atoms with Gasteiger partial charge in [-0.05, 0) is 42.5 Å². The lowest BCUT2D eigenvalue weighted by Crippen LogP contribution is -2.31. The first-order chi connectivity index (χ1) is 19.9. The fraction of sp³-hybridized carbons (Fsp3) is 0.344. The zero-order chi connectivity index (χ0) is 28.5. The first-order valence-corrected chi connectivity index (χ1v) is 14.3. The molecule has 2 aliphatic rings. The van der Waals surface area contributed by atoms with Gasteiger partial charge in [0.2, 0.25) is 11.8 Å². The number of imidazole rings is 1. The number of rotatable bonds is 8. The second kappa shape index (κ2) is 11.2. The minimum absolute atomic E-state index is 0.110. The van der Waals surface area contributed by atoms with Crippen molar-refractivity contribution in [2.45, 2.75) is 58.4 Å². The van der Waals surface area contributed by atoms with E-state index in [-0.39, 0.29) is 29.4 Å². The molecule has 0 unspecified atom stereocenters. The fourth-order valence-corrected chi connectivity index (χ4v) is 6.14. The van der Waals surface area contributed by atoms with Crippen LogP contribution in [0.25, 0.3) is 22.3 Å². The lowest BCUT2D eigenvalue weighted by Gasteiger charge is -2.19. The number of imide groups is 1. The van der Waals surface area contributed by atoms with E-state index in [1.807, 2.05) is 42.5 Å². The molecule has 2 aromatic carbocycles. The van der Waals surface area contributed by atoms with E-state index in [2.05, 4.69) is 16.5 Å². The first kappa shape index (κ1) is 26.7. The van der Waals surface area contributed by atoms with Crippen LogP contribution in [0.5, 0.6) is 5.75 Å². The Hall–Kier alpha value is -4.53. The number of nitrogens with zero attached hydrogens (tertiary/aromatic N) is 4. The van der Waals surface area contributed by atoms with Crippen LogP contribution in [0.3, 0.4) is 0 Å². The largest absolute Gasteiger partial charge is 0.511 e. The zero-order valence-electron chi connectivity index (χ0n) is 23.0. The van der Waals surface area contributed by atoms with Gasteiger partial charge in [-0.1, -0.05) is 68.7 Å². The van der Waals surface area contributed by atoms with Gasteiger partial charge in [0.05, 0.1) is 29.2 Å². The number of benzene rings is 2. The molecular weight excluding hydrogens is 520 g/mol. The Morgan fingerprint density at radius 2 is 1.73 bits per heavy atom. The molecule has 1 saturated carbocycles. The summed E-state index contributed by atoms with van der Waals surface area (Å²) in [5.41, 5.74) is 4.43. The normalized spacial score (nSPS) is 18.6. The zero-order valence-corrected chi connectivity index (χ0v) is 23.0. The molecule has 2 aromatic heterocycles. The number of fused-ring (bicyclic) bond motifs is 2. The van der Waals surface area contributed by atoms with E-state index in [1.54, 1.807) is 18.3 Å². The third-order valence-electron chi connectivity index (χ3n) is 8.21. The molecule has 1 aliphatic carbocycles. The number of ether oxygens (including phenoxy) is 1. The predicted molar refractivity (Wildman–Crippen MR) is 154 cm³/mol. The molecule has 6 rings (SSSR count). The second-order valence-electron chi connectivity index (χ2n) is 10.8. The van der Waals surface area contributed by atoms with Crippen molar-refractivity contribution in [2.75, 3.05) is 4.90 Å². The van der Waals surface area contributed by atoms with Gasteiger partial charge in [0.25, 0.3) is 0 Å². The Kier molecular flexibility index (Phi) is 7.26. The number of carboxylic acid groups (broad SMARTS) is 1. The van der Waals surface area contributed by atoms with Crippen LogP contribution < -0.4 is 9.64 Å². The van der Waals surface area contributed by atoms with Crippen molar-refractivity contribution in [3.05, 3.63) is 72.2 Å². The van der Waals surface area contributed by atoms with Gasteiger partial charge in [0, 0.05) is 18.5 Å². The van der Waals surface area contributed by atoms with Crippen molar-refractivity contribution in [3.8, 4) is 16.9 Å². The van der Waals surface area contributed by atoms with Crippen molar-refractivity contribution in [1.82, 2.24) is 14.5 Å². The number of hydrogen-bond acceptors (Lipinski definition) is 6. The number of anilines is 1. The molecular formula is C32H32N4O5. The van der Waals surface area contributed by atoms with E-state index in [0.29, 0.717) is 23.4 Å². The first-order valence-electron chi connectivity index (χ1n) is 14.3. The van der Waals surface area contributed by atoms with Crippen molar-refractivity contribution >= 4 is 34.8 Å². The van der Waals surface area contributed by atoms with E-state index < -0.39 is 6.16 Å². The number of hydrogen-bond donors (Lipinski definition) is 1. The smallest absolute Gasteiger partial charge is 0.449 e. The van der Waals surface area contributed by atoms with E-state index in [9.17, 15) is 14.4 Å². The topological polar surface area (TPSA) is 115 Å². The summed E-state index contributed by atoms with van der Waals surface area (Å²) in [4.78, 5) is 48.4. The summed E-state index contributed by atoms with van der Waals surface area (Å²) in [7, 11) is 0. The summed E-state index contributed by atoms with van der Waals surface area (Å²) in [6.07, 6.45) is 6.52. The SMILES string of the molecule is CCCCc1nc2ncc(N3C(=O)[C@H]4CCCC[C@H]4C3=O)cc2n1Cc1ccc(-c2ccccc2OC(=O)O)cc1. The van der Waals surface area contributed by atoms with Gasteiger partial charge in [-0.15, -0.1) is 0 Å². The van der Waals surface area contributed by atoms with Crippen LogP contribution in [-0.4, -0.2) is 37.6 Å². The molecule has 2 amide bonds. The molecule has 210 valence electrons. The van der Waals surface area contributed by atoms with E-state index >= 15 is 0 Å². The van der Waals surface area contributed by atoms with E-state index in [1.165, 1.54) is 4.90 Å². The number of carbonyl (C=O) groups is 3. The molecule has 2 atom stereocenters. The highest BCUT2D eigenvalue weighted by Gasteiger charge is 2.48. The van der Waals surface area contributed by atoms with Crippen molar-refractivity contribution in [3.63, 3.8) is 0 Å². The van der Waals surface area contributed by atoms with Gasteiger partial charge in [-0.3, -0.25) is 9.59 Å². The van der Waals surface area contributed by atoms with Crippen molar-refractivity contribution < 1.29 is 24.2 Å². The summed E-state index contributed by atoms with van der Waals surface area (Å²) in [5, 5.41) is 9.10. The van der Waals surface area contributed by atoms with Gasteiger partial charge in [-0.2, -0.15) is 0 Å². The maximum absolute atomic E-state index is 13.3. The van der Waals surface area contributed by atoms with Crippen LogP contribution in [0.15, 0.2) is 60.8 Å². The van der Waals surface area contributed by atoms with Crippen LogP contribution in [0, 0.1) is 11.8 Å². The Morgan fingerprint density at radius 1 is 1.02 bits per heavy atom. The number of para-hydroxylation sites is 1. The molecule has 0 radical (unpaired) electrons. The van der Waals surface area contributed by atoms with Crippen LogP contribution in [0.4, 0.5) is 10.5 Å². The molecule has 0 spiro atoms. The monoisotopic (exact) mass is 552 g/mol. The lowest BCUT2D eigenvalue weighted by atomic mass is 9.81. The van der Waals surface area contributed by atoms with Crippen LogP contribution in [0.2, 0.25) is 0 Å². The molecule has 1 saturated heterocycles. The van der Waals surface area contributed by atoms with Gasteiger partial charge in [-0.25, -0.2) is 19.7 Å². The molecule has 4 aromatic rings. The summed E-state index contributed by atoms with van der Waals surface area (Å²) < 4.78 is 7.08. The molecule has 1 aliphatic heterocycles. The Bertz CT molecular complexity index is 1600. The van der Waals surface area contributed by atoms with Gasteiger partial charge < -0.3 is 14.4 Å². The number of unbranched alkanes of at least 4 members (excludes halogenated alkanes) is 1. The molecule has 9 heteroatoms. The number of amides is 2. The number of carbonyl (C=O) groups excluding carboxylic acids is 2. The highest BCUT2D eigenvalue weighted by Crippen LogP contribution is 2.40. The van der Waals surface area contributed by atoms with Crippen molar-refractivity contribution in [1.29, 1.82) is 0 Å². The minimum Gasteiger partial charge on any atom is -0.449 e. The average Bonchev–Trinajstić information content (AvgIpc) is 3.45. The van der Waals surface area contributed by atoms with Crippen molar-refractivity contribution in [2.24, 2.45) is 11.8 Å². The fourth-order valence-electron chi connectivity index (χ4n) is 6.14. The quantitative estimate of drug-likeness (QED) is 0.157. The standard InChI is InChI=1S/C32H32N4O5/c1-2-3-12-28-34-29-26(17-22(18-33-29)36-30(37)24-9-4-5-10-25(24)31(36)38)35(28)19-20-13-15-21(16-14-20)23-8-6-7-11-27(23)41-32(39)40/h6-8,11,13-18,24-25H,2-5,9-10,12,19H2,1H3,(H,39,40)/t24-,25+. The van der Waals surface area contributed by atoms with Gasteiger partial charge in [0.15, 0.2) is 5.65 Å². The maximum atomic E-state index is 13.3. The maximum Gasteiger partial charge on any atom is 0.511 e. The molecule has 9 nitrogen and oxygen atoms in total. The molecule has 3 heterocycles. The number of aromatic nitrogens is 3. The Balaban J connectivity index is 1.33. The molecule has 1 N–H and O–H groups in total. The highest BCUT2D eigenvalue weighted by atomic mass is 16.7. The van der Waals surface area contributed by atoms with E-state index in [4.69, 9.17) is 14.8 Å². The number of pyridine rings is 1. The Morgan fingerprint density at radius 3 is 2.41 bits per heavy atom. The molecule has 2 fully saturated rings. The Labute approximate surface area is 237 Å². The second-order valence-corrected chi connectivity index (χ2v) is 10.8. The summed E-state index contributed by atoms with van der Waals surface area (Å²) in [6.45, 7) is 2.67. The summed E-state index contributed by atoms with van der Waals surface area (Å²) >= 11 is 0. The summed E-state index contributed by atoms with van der Waals surface area (Å²) in [6, 6.07) is 16.8. The summed E-state index contributed by atoms with van der Waals surface area (Å²) in [5.74, 6) is 0.521. The highest BCUT2D eigenvalue weighted by molar-refractivity contribution is 6.22. The van der Waals surface area contributed by atoms with Crippen LogP contribution in [0.1, 0.15) is 56.8 Å². The van der Waals surface area contributed by atoms with Gasteiger partial charge >= 0.3 is 6.16 Å². The molecule has 41 heavy (non-hydrogen) atoms. The van der Waals surface area contributed by atoms with Gasteiger partial charge in [0.1, 0.15) is 11.6 Å². The van der Waals surface area contributed by atoms with E-state index in [0.717, 1.165) is 67.4 Å². The van der Waals surface area contributed by atoms with Crippen LogP contribution in [-0.2, 0) is 22.6 Å². The van der Waals surface area contributed by atoms with Crippen LogP contribution >= 0.6 is 0 Å². The molecule has 0 bridgehead atoms.